The van der Waals surface area contributed by atoms with E-state index >= 15 is 0 Å². The molecule has 102 valence electrons. The Kier molecular flexibility index (Phi) is 3.69. The number of hydrogen-bond donors (Lipinski definition) is 1. The Labute approximate surface area is 114 Å². The van der Waals surface area contributed by atoms with Crippen LogP contribution in [0.3, 0.4) is 0 Å². The highest BCUT2D eigenvalue weighted by molar-refractivity contribution is 5.82. The summed E-state index contributed by atoms with van der Waals surface area (Å²) in [5.41, 5.74) is 1.30. The summed E-state index contributed by atoms with van der Waals surface area (Å²) in [6.07, 6.45) is 1.17. The molecule has 0 aromatic heterocycles. The van der Waals surface area contributed by atoms with Crippen molar-refractivity contribution in [3.63, 3.8) is 0 Å². The van der Waals surface area contributed by atoms with E-state index in [0.717, 1.165) is 32.3 Å². The van der Waals surface area contributed by atoms with E-state index in [-0.39, 0.29) is 0 Å². The molecule has 4 heteroatoms. The summed E-state index contributed by atoms with van der Waals surface area (Å²) in [5, 5.41) is 3.52. The molecular weight excluding hydrogens is 238 g/mol. The predicted molar refractivity (Wildman–Crippen MR) is 76.2 cm³/mol. The molecule has 2 atom stereocenters. The Morgan fingerprint density at radius 1 is 1.37 bits per heavy atom. The van der Waals surface area contributed by atoms with Gasteiger partial charge in [0.05, 0.1) is 19.2 Å². The van der Waals surface area contributed by atoms with Crippen LogP contribution in [0.1, 0.15) is 18.0 Å². The summed E-state index contributed by atoms with van der Waals surface area (Å²) in [7, 11) is 2.11. The molecule has 0 amide bonds. The van der Waals surface area contributed by atoms with Crippen LogP contribution in [-0.4, -0.2) is 44.2 Å². The summed E-state index contributed by atoms with van der Waals surface area (Å²) in [6, 6.07) is 10.8. The van der Waals surface area contributed by atoms with Crippen molar-refractivity contribution in [2.24, 2.45) is 10.9 Å². The molecule has 4 nitrogen and oxygen atoms in total. The predicted octanol–water partition coefficient (Wildman–Crippen LogP) is 1.66. The minimum absolute atomic E-state index is 0.318. The summed E-state index contributed by atoms with van der Waals surface area (Å²) in [4.78, 5) is 6.85. The van der Waals surface area contributed by atoms with Gasteiger partial charge < -0.3 is 15.0 Å². The molecule has 0 spiro atoms. The van der Waals surface area contributed by atoms with Crippen molar-refractivity contribution in [3.05, 3.63) is 35.9 Å². The first-order valence-corrected chi connectivity index (χ1v) is 6.98. The molecule has 1 aromatic rings. The lowest BCUT2D eigenvalue weighted by Gasteiger charge is -2.23. The minimum atomic E-state index is 0.318. The van der Waals surface area contributed by atoms with Gasteiger partial charge in [0.2, 0.25) is 0 Å². The van der Waals surface area contributed by atoms with E-state index in [1.165, 1.54) is 12.0 Å². The first-order valence-electron chi connectivity index (χ1n) is 6.98. The maximum absolute atomic E-state index is 5.42. The van der Waals surface area contributed by atoms with E-state index in [9.17, 15) is 0 Å². The van der Waals surface area contributed by atoms with Gasteiger partial charge in [-0.25, -0.2) is 0 Å². The molecule has 0 aliphatic carbocycles. The molecule has 2 heterocycles. The normalized spacial score (nSPS) is 26.1. The highest BCUT2D eigenvalue weighted by Crippen LogP contribution is 2.19. The lowest BCUT2D eigenvalue weighted by Crippen LogP contribution is -2.39. The maximum Gasteiger partial charge on any atom is 0.194 e. The fraction of sp³-hybridized carbons (Fsp3) is 0.533. The number of ether oxygens (including phenoxy) is 1. The van der Waals surface area contributed by atoms with Crippen LogP contribution in [0.4, 0.5) is 0 Å². The molecule has 2 unspecified atom stereocenters. The Morgan fingerprint density at radius 2 is 2.21 bits per heavy atom. The standard InChI is InChI=1S/C15H21N3O/c1-18(10-12-7-8-19-11-12)15-16-9-14(17-15)13-5-3-2-4-6-13/h2-6,12,14H,7-11H2,1H3,(H,16,17). The zero-order valence-corrected chi connectivity index (χ0v) is 11.4. The van der Waals surface area contributed by atoms with Crippen molar-refractivity contribution in [1.82, 2.24) is 10.2 Å². The quantitative estimate of drug-likeness (QED) is 0.897. The molecule has 1 saturated heterocycles. The van der Waals surface area contributed by atoms with Crippen molar-refractivity contribution in [1.29, 1.82) is 0 Å². The van der Waals surface area contributed by atoms with Gasteiger partial charge in [-0.2, -0.15) is 0 Å². The number of guanidine groups is 1. The molecule has 1 N–H and O–H groups in total. The Bertz CT molecular complexity index is 440. The second-order valence-electron chi connectivity index (χ2n) is 5.38. The fourth-order valence-corrected chi connectivity index (χ4v) is 2.73. The lowest BCUT2D eigenvalue weighted by atomic mass is 10.1. The third-order valence-electron chi connectivity index (χ3n) is 3.85. The summed E-state index contributed by atoms with van der Waals surface area (Å²) in [6.45, 7) is 3.64. The van der Waals surface area contributed by atoms with Gasteiger partial charge in [-0.3, -0.25) is 4.99 Å². The van der Waals surface area contributed by atoms with Gasteiger partial charge in [-0.05, 0) is 12.0 Å². The molecule has 0 saturated carbocycles. The zero-order valence-electron chi connectivity index (χ0n) is 11.4. The van der Waals surface area contributed by atoms with Gasteiger partial charge in [0.25, 0.3) is 0 Å². The molecular formula is C15H21N3O. The van der Waals surface area contributed by atoms with E-state index in [2.05, 4.69) is 46.5 Å². The average Bonchev–Trinajstić information content (AvgIpc) is 3.10. The fourth-order valence-electron chi connectivity index (χ4n) is 2.73. The number of aliphatic imine (C=N–C) groups is 1. The first kappa shape index (κ1) is 12.5. The maximum atomic E-state index is 5.42. The monoisotopic (exact) mass is 259 g/mol. The van der Waals surface area contributed by atoms with Crippen LogP contribution in [0.2, 0.25) is 0 Å². The van der Waals surface area contributed by atoms with Crippen LogP contribution < -0.4 is 5.32 Å². The average molecular weight is 259 g/mol. The van der Waals surface area contributed by atoms with Crippen molar-refractivity contribution in [2.45, 2.75) is 12.5 Å². The van der Waals surface area contributed by atoms with Crippen molar-refractivity contribution < 1.29 is 4.74 Å². The van der Waals surface area contributed by atoms with Crippen LogP contribution >= 0.6 is 0 Å². The number of benzene rings is 1. The molecule has 1 fully saturated rings. The van der Waals surface area contributed by atoms with E-state index < -0.39 is 0 Å². The van der Waals surface area contributed by atoms with Crippen molar-refractivity contribution >= 4 is 5.96 Å². The van der Waals surface area contributed by atoms with Crippen LogP contribution in [0.15, 0.2) is 35.3 Å². The highest BCUT2D eigenvalue weighted by Gasteiger charge is 2.24. The lowest BCUT2D eigenvalue weighted by molar-refractivity contribution is 0.181. The van der Waals surface area contributed by atoms with E-state index in [4.69, 9.17) is 4.74 Å². The molecule has 2 aliphatic heterocycles. The third-order valence-corrected chi connectivity index (χ3v) is 3.85. The van der Waals surface area contributed by atoms with Gasteiger partial charge in [0, 0.05) is 26.1 Å². The second kappa shape index (κ2) is 5.61. The number of nitrogens with one attached hydrogen (secondary N) is 1. The van der Waals surface area contributed by atoms with Crippen LogP contribution in [0, 0.1) is 5.92 Å². The van der Waals surface area contributed by atoms with Gasteiger partial charge in [-0.1, -0.05) is 30.3 Å². The Morgan fingerprint density at radius 3 is 2.95 bits per heavy atom. The molecule has 2 aliphatic rings. The van der Waals surface area contributed by atoms with Gasteiger partial charge >= 0.3 is 0 Å². The van der Waals surface area contributed by atoms with E-state index in [0.29, 0.717) is 12.0 Å². The smallest absolute Gasteiger partial charge is 0.194 e. The summed E-state index contributed by atoms with van der Waals surface area (Å²) < 4.78 is 5.42. The topological polar surface area (TPSA) is 36.9 Å². The third kappa shape index (κ3) is 2.89. The molecule has 19 heavy (non-hydrogen) atoms. The molecule has 0 radical (unpaired) electrons. The Hall–Kier alpha value is -1.55. The van der Waals surface area contributed by atoms with Crippen LogP contribution in [0.5, 0.6) is 0 Å². The van der Waals surface area contributed by atoms with Crippen molar-refractivity contribution in [2.75, 3.05) is 33.4 Å². The van der Waals surface area contributed by atoms with Gasteiger partial charge in [0.1, 0.15) is 0 Å². The van der Waals surface area contributed by atoms with Gasteiger partial charge in [0.15, 0.2) is 5.96 Å². The summed E-state index contributed by atoms with van der Waals surface area (Å²) >= 11 is 0. The molecule has 1 aromatic carbocycles. The van der Waals surface area contributed by atoms with E-state index in [1.54, 1.807) is 0 Å². The molecule has 3 rings (SSSR count). The summed E-state index contributed by atoms with van der Waals surface area (Å²) in [5.74, 6) is 1.66. The number of rotatable bonds is 3. The highest BCUT2D eigenvalue weighted by atomic mass is 16.5. The largest absolute Gasteiger partial charge is 0.381 e. The van der Waals surface area contributed by atoms with E-state index in [1.807, 2.05) is 6.07 Å². The zero-order chi connectivity index (χ0) is 13.1. The SMILES string of the molecule is CN(CC1CCOC1)C1=NCC(c2ccccc2)N1. The van der Waals surface area contributed by atoms with Crippen LogP contribution in [0.25, 0.3) is 0 Å². The number of nitrogens with zero attached hydrogens (tertiary/aromatic N) is 2. The second-order valence-corrected chi connectivity index (χ2v) is 5.38. The van der Waals surface area contributed by atoms with Crippen molar-refractivity contribution in [3.8, 4) is 0 Å². The first-order chi connectivity index (χ1) is 9.33. The van der Waals surface area contributed by atoms with Gasteiger partial charge in [-0.15, -0.1) is 0 Å². The Balaban J connectivity index is 1.55. The number of hydrogen-bond acceptors (Lipinski definition) is 4. The van der Waals surface area contributed by atoms with Crippen LogP contribution in [-0.2, 0) is 4.74 Å². The molecule has 0 bridgehead atoms. The minimum Gasteiger partial charge on any atom is -0.381 e.